The zero-order valence-corrected chi connectivity index (χ0v) is 12.7. The molecule has 2 aromatic rings. The fourth-order valence-electron chi connectivity index (χ4n) is 2.09. The Kier molecular flexibility index (Phi) is 3.43. The largest absolute Gasteiger partial charge is 0.318 e. The molecule has 0 aliphatic heterocycles. The average molecular weight is 310 g/mol. The topological polar surface area (TPSA) is 26.0 Å². The molecule has 1 aromatic heterocycles. The minimum absolute atomic E-state index is 0.449. The Hall–Kier alpha value is -0.640. The van der Waals surface area contributed by atoms with E-state index in [1.807, 2.05) is 0 Å². The Morgan fingerprint density at radius 2 is 1.88 bits per heavy atom. The molecule has 1 nitrogen and oxygen atoms in total. The van der Waals surface area contributed by atoms with Crippen LogP contribution in [-0.2, 0) is 5.54 Å². The molecule has 1 unspecified atom stereocenters. The minimum atomic E-state index is -0.449. The van der Waals surface area contributed by atoms with Crippen LogP contribution in [-0.4, -0.2) is 0 Å². The van der Waals surface area contributed by atoms with Gasteiger partial charge in [0.05, 0.1) is 5.54 Å². The SMILES string of the molecule is Cc1ccc(C)c(C(C)(N)c2cscc2Br)c1. The number of hydrogen-bond acceptors (Lipinski definition) is 2. The van der Waals surface area contributed by atoms with Crippen LogP contribution in [0.5, 0.6) is 0 Å². The second-order valence-electron chi connectivity index (χ2n) is 4.65. The van der Waals surface area contributed by atoms with Crippen molar-refractivity contribution < 1.29 is 0 Å². The van der Waals surface area contributed by atoms with E-state index in [9.17, 15) is 0 Å². The first-order chi connectivity index (χ1) is 7.93. The minimum Gasteiger partial charge on any atom is -0.318 e. The van der Waals surface area contributed by atoms with Gasteiger partial charge in [-0.3, -0.25) is 0 Å². The molecule has 0 spiro atoms. The van der Waals surface area contributed by atoms with Crippen molar-refractivity contribution in [2.24, 2.45) is 5.73 Å². The molecule has 1 heterocycles. The summed E-state index contributed by atoms with van der Waals surface area (Å²) < 4.78 is 1.09. The fraction of sp³-hybridized carbons (Fsp3) is 0.286. The van der Waals surface area contributed by atoms with Gasteiger partial charge >= 0.3 is 0 Å². The third-order valence-electron chi connectivity index (χ3n) is 3.13. The maximum absolute atomic E-state index is 6.55. The number of hydrogen-bond donors (Lipinski definition) is 1. The third kappa shape index (κ3) is 2.32. The second-order valence-corrected chi connectivity index (χ2v) is 6.25. The number of nitrogens with two attached hydrogens (primary N) is 1. The second kappa shape index (κ2) is 4.56. The molecule has 1 aromatic carbocycles. The van der Waals surface area contributed by atoms with E-state index in [0.717, 1.165) is 10.0 Å². The molecule has 3 heteroatoms. The van der Waals surface area contributed by atoms with E-state index in [-0.39, 0.29) is 0 Å². The van der Waals surface area contributed by atoms with E-state index in [1.165, 1.54) is 16.7 Å². The van der Waals surface area contributed by atoms with Crippen molar-refractivity contribution in [3.8, 4) is 0 Å². The maximum atomic E-state index is 6.55. The summed E-state index contributed by atoms with van der Waals surface area (Å²) in [5.41, 5.74) is 10.9. The van der Waals surface area contributed by atoms with Crippen LogP contribution in [0, 0.1) is 13.8 Å². The van der Waals surface area contributed by atoms with E-state index in [1.54, 1.807) is 11.3 Å². The first-order valence-electron chi connectivity index (χ1n) is 5.51. The highest BCUT2D eigenvalue weighted by atomic mass is 79.9. The average Bonchev–Trinajstić information content (AvgIpc) is 2.68. The van der Waals surface area contributed by atoms with E-state index in [0.29, 0.717) is 0 Å². The highest BCUT2D eigenvalue weighted by Gasteiger charge is 2.28. The van der Waals surface area contributed by atoms with Gasteiger partial charge in [-0.2, -0.15) is 11.3 Å². The summed E-state index contributed by atoms with van der Waals surface area (Å²) in [7, 11) is 0. The van der Waals surface area contributed by atoms with Crippen LogP contribution in [0.2, 0.25) is 0 Å². The third-order valence-corrected chi connectivity index (χ3v) is 4.83. The number of benzene rings is 1. The highest BCUT2D eigenvalue weighted by Crippen LogP contribution is 2.36. The lowest BCUT2D eigenvalue weighted by molar-refractivity contribution is 0.598. The van der Waals surface area contributed by atoms with Crippen LogP contribution in [0.4, 0.5) is 0 Å². The summed E-state index contributed by atoms with van der Waals surface area (Å²) in [5.74, 6) is 0. The van der Waals surface area contributed by atoms with Gasteiger partial charge in [0.25, 0.3) is 0 Å². The molecular formula is C14H16BrNS. The lowest BCUT2D eigenvalue weighted by atomic mass is 9.84. The van der Waals surface area contributed by atoms with Crippen molar-refractivity contribution >= 4 is 27.3 Å². The molecule has 0 saturated carbocycles. The van der Waals surface area contributed by atoms with Crippen LogP contribution >= 0.6 is 27.3 Å². The monoisotopic (exact) mass is 309 g/mol. The summed E-state index contributed by atoms with van der Waals surface area (Å²) in [6.07, 6.45) is 0. The van der Waals surface area contributed by atoms with Crippen molar-refractivity contribution in [1.29, 1.82) is 0 Å². The molecule has 0 aliphatic carbocycles. The molecule has 17 heavy (non-hydrogen) atoms. The lowest BCUT2D eigenvalue weighted by Crippen LogP contribution is -2.35. The normalized spacial score (nSPS) is 14.6. The number of aryl methyl sites for hydroxylation is 2. The Labute approximate surface area is 115 Å². The predicted molar refractivity (Wildman–Crippen MR) is 78.6 cm³/mol. The molecule has 0 radical (unpaired) electrons. The lowest BCUT2D eigenvalue weighted by Gasteiger charge is -2.27. The Bertz CT molecular complexity index is 543. The molecule has 0 amide bonds. The van der Waals surface area contributed by atoms with Gasteiger partial charge < -0.3 is 5.73 Å². The highest BCUT2D eigenvalue weighted by molar-refractivity contribution is 9.10. The van der Waals surface area contributed by atoms with E-state index < -0.39 is 5.54 Å². The van der Waals surface area contributed by atoms with Crippen molar-refractivity contribution in [3.63, 3.8) is 0 Å². The number of thiophene rings is 1. The number of halogens is 1. The van der Waals surface area contributed by atoms with Crippen molar-refractivity contribution in [1.82, 2.24) is 0 Å². The van der Waals surface area contributed by atoms with Gasteiger partial charge in [-0.25, -0.2) is 0 Å². The van der Waals surface area contributed by atoms with Gasteiger partial charge in [-0.15, -0.1) is 0 Å². The zero-order chi connectivity index (χ0) is 12.6. The van der Waals surface area contributed by atoms with Crippen molar-refractivity contribution in [2.45, 2.75) is 26.3 Å². The van der Waals surface area contributed by atoms with E-state index in [2.05, 4.69) is 65.7 Å². The molecular weight excluding hydrogens is 294 g/mol. The molecule has 0 aliphatic rings. The summed E-state index contributed by atoms with van der Waals surface area (Å²) in [4.78, 5) is 0. The van der Waals surface area contributed by atoms with Gasteiger partial charge in [0.1, 0.15) is 0 Å². The first kappa shape index (κ1) is 12.8. The fourth-order valence-corrected chi connectivity index (χ4v) is 3.92. The van der Waals surface area contributed by atoms with E-state index >= 15 is 0 Å². The Morgan fingerprint density at radius 1 is 1.18 bits per heavy atom. The van der Waals surface area contributed by atoms with Crippen molar-refractivity contribution in [3.05, 3.63) is 55.7 Å². The van der Waals surface area contributed by atoms with Gasteiger partial charge in [0, 0.05) is 15.4 Å². The van der Waals surface area contributed by atoms with E-state index in [4.69, 9.17) is 5.73 Å². The molecule has 90 valence electrons. The van der Waals surface area contributed by atoms with Gasteiger partial charge in [-0.05, 0) is 53.2 Å². The molecule has 2 rings (SSSR count). The number of rotatable bonds is 2. The Balaban J connectivity index is 2.59. The quantitative estimate of drug-likeness (QED) is 0.877. The van der Waals surface area contributed by atoms with Crippen LogP contribution < -0.4 is 5.73 Å². The molecule has 2 N–H and O–H groups in total. The van der Waals surface area contributed by atoms with Crippen LogP contribution in [0.3, 0.4) is 0 Å². The van der Waals surface area contributed by atoms with Crippen LogP contribution in [0.1, 0.15) is 29.2 Å². The maximum Gasteiger partial charge on any atom is 0.0658 e. The first-order valence-corrected chi connectivity index (χ1v) is 7.25. The van der Waals surface area contributed by atoms with Crippen LogP contribution in [0.15, 0.2) is 33.4 Å². The zero-order valence-electron chi connectivity index (χ0n) is 10.3. The van der Waals surface area contributed by atoms with Gasteiger partial charge in [0.2, 0.25) is 0 Å². The van der Waals surface area contributed by atoms with Gasteiger partial charge in [0.15, 0.2) is 0 Å². The molecule has 0 saturated heterocycles. The summed E-state index contributed by atoms with van der Waals surface area (Å²) in [6.45, 7) is 6.28. The summed E-state index contributed by atoms with van der Waals surface area (Å²) >= 11 is 5.24. The van der Waals surface area contributed by atoms with Gasteiger partial charge in [-0.1, -0.05) is 23.8 Å². The molecule has 0 bridgehead atoms. The van der Waals surface area contributed by atoms with Crippen LogP contribution in [0.25, 0.3) is 0 Å². The smallest absolute Gasteiger partial charge is 0.0658 e. The van der Waals surface area contributed by atoms with Crippen molar-refractivity contribution in [2.75, 3.05) is 0 Å². The summed E-state index contributed by atoms with van der Waals surface area (Å²) in [6, 6.07) is 6.44. The standard InChI is InChI=1S/C14H16BrNS/c1-9-4-5-10(2)11(6-9)14(3,16)12-7-17-8-13(12)15/h4-8H,16H2,1-3H3. The Morgan fingerprint density at radius 3 is 2.47 bits per heavy atom. The molecule has 1 atom stereocenters. The predicted octanol–water partition coefficient (Wildman–Crippen LogP) is 4.35. The molecule has 0 fully saturated rings. The summed E-state index contributed by atoms with van der Waals surface area (Å²) in [5, 5.41) is 4.19.